The zero-order valence-electron chi connectivity index (χ0n) is 18.7. The smallest absolute Gasteiger partial charge is 0.419 e. The molecule has 0 amide bonds. The van der Waals surface area contributed by atoms with Gasteiger partial charge in [-0.05, 0) is 61.6 Å². The maximum Gasteiger partial charge on any atom is 0.419 e. The third-order valence-electron chi connectivity index (χ3n) is 5.31. The lowest BCUT2D eigenvalue weighted by Gasteiger charge is -2.17. The highest BCUT2D eigenvalue weighted by Crippen LogP contribution is 2.38. The summed E-state index contributed by atoms with van der Waals surface area (Å²) in [5.41, 5.74) is 2.48. The number of aliphatic hydroxyl groups is 1. The Morgan fingerprint density at radius 3 is 2.73 bits per heavy atom. The van der Waals surface area contributed by atoms with E-state index in [0.29, 0.717) is 6.54 Å². The van der Waals surface area contributed by atoms with Crippen LogP contribution in [0, 0.1) is 0 Å². The van der Waals surface area contributed by atoms with Crippen molar-refractivity contribution in [1.29, 1.82) is 0 Å². The molecule has 0 fully saturated rings. The van der Waals surface area contributed by atoms with E-state index >= 15 is 0 Å². The van der Waals surface area contributed by atoms with Crippen LogP contribution in [-0.2, 0) is 24.0 Å². The fourth-order valence-corrected chi connectivity index (χ4v) is 3.96. The molecule has 9 heteroatoms. The van der Waals surface area contributed by atoms with Crippen LogP contribution in [0.25, 0.3) is 0 Å². The number of nitrogens with one attached hydrogen (secondary N) is 1. The van der Waals surface area contributed by atoms with Crippen molar-refractivity contribution in [3.05, 3.63) is 64.2 Å². The van der Waals surface area contributed by atoms with Crippen LogP contribution in [-0.4, -0.2) is 37.0 Å². The Labute approximate surface area is 191 Å². The molecule has 0 heterocycles. The molecule has 0 bridgehead atoms. The first-order chi connectivity index (χ1) is 15.7. The van der Waals surface area contributed by atoms with Crippen molar-refractivity contribution in [3.63, 3.8) is 0 Å². The number of rotatable bonds is 9. The highest BCUT2D eigenvalue weighted by molar-refractivity contribution is 5.94. The second-order valence-corrected chi connectivity index (χ2v) is 7.97. The number of hydrogen-bond donors (Lipinski definition) is 2. The van der Waals surface area contributed by atoms with Gasteiger partial charge in [-0.2, -0.15) is 13.2 Å². The second-order valence-electron chi connectivity index (χ2n) is 7.97. The lowest BCUT2D eigenvalue weighted by Crippen LogP contribution is -2.22. The van der Waals surface area contributed by atoms with Crippen molar-refractivity contribution in [2.24, 2.45) is 10.1 Å². The topological polar surface area (TPSA) is 75.4 Å². The van der Waals surface area contributed by atoms with E-state index in [4.69, 9.17) is 14.7 Å². The second kappa shape index (κ2) is 10.8. The molecular weight excluding hydrogens is 435 g/mol. The third kappa shape index (κ3) is 6.11. The molecule has 0 radical (unpaired) electrons. The molecule has 1 aliphatic rings. The number of oxime groups is 1. The molecule has 178 valence electrons. The minimum Gasteiger partial charge on any atom is -0.490 e. The van der Waals surface area contributed by atoms with E-state index in [1.807, 2.05) is 18.2 Å². The average Bonchev–Trinajstić information content (AvgIpc) is 3.18. The van der Waals surface area contributed by atoms with Crippen LogP contribution >= 0.6 is 0 Å². The van der Waals surface area contributed by atoms with Crippen LogP contribution in [0.2, 0.25) is 0 Å². The van der Waals surface area contributed by atoms with E-state index < -0.39 is 17.8 Å². The van der Waals surface area contributed by atoms with Crippen molar-refractivity contribution in [3.8, 4) is 5.75 Å². The number of ether oxygens (including phenoxy) is 1. The van der Waals surface area contributed by atoms with Gasteiger partial charge in [-0.1, -0.05) is 23.4 Å². The van der Waals surface area contributed by atoms with E-state index in [1.54, 1.807) is 13.8 Å². The van der Waals surface area contributed by atoms with Crippen LogP contribution in [0.1, 0.15) is 54.1 Å². The minimum atomic E-state index is -4.61. The normalized spacial score (nSPS) is 16.1. The van der Waals surface area contributed by atoms with Crippen molar-refractivity contribution >= 4 is 12.6 Å². The van der Waals surface area contributed by atoms with Crippen molar-refractivity contribution in [2.75, 3.05) is 13.2 Å². The van der Waals surface area contributed by atoms with E-state index in [-0.39, 0.29) is 36.4 Å². The zero-order chi connectivity index (χ0) is 24.0. The summed E-state index contributed by atoms with van der Waals surface area (Å²) < 4.78 is 46.2. The number of aliphatic imine (C=N–C) groups is 1. The number of aliphatic hydroxyl groups excluding tert-OH is 1. The lowest BCUT2D eigenvalue weighted by molar-refractivity contribution is -0.139. The quantitative estimate of drug-likeness (QED) is 0.323. The maximum atomic E-state index is 13.6. The largest absolute Gasteiger partial charge is 0.490 e. The van der Waals surface area contributed by atoms with Gasteiger partial charge < -0.3 is 20.0 Å². The molecule has 1 aliphatic carbocycles. The van der Waals surface area contributed by atoms with Crippen LogP contribution < -0.4 is 10.1 Å². The van der Waals surface area contributed by atoms with Gasteiger partial charge in [0.2, 0.25) is 0 Å². The number of hydrogen-bond acceptors (Lipinski definition) is 6. The van der Waals surface area contributed by atoms with Gasteiger partial charge in [0, 0.05) is 24.9 Å². The van der Waals surface area contributed by atoms with Gasteiger partial charge >= 0.3 is 6.18 Å². The van der Waals surface area contributed by atoms with Gasteiger partial charge in [0.25, 0.3) is 5.90 Å². The van der Waals surface area contributed by atoms with Crippen LogP contribution in [0.15, 0.2) is 46.5 Å². The lowest BCUT2D eigenvalue weighted by atomic mass is 10.0. The van der Waals surface area contributed by atoms with Crippen molar-refractivity contribution < 1.29 is 27.9 Å². The molecule has 0 spiro atoms. The Morgan fingerprint density at radius 1 is 1.27 bits per heavy atom. The summed E-state index contributed by atoms with van der Waals surface area (Å²) in [7, 11) is 0. The molecule has 33 heavy (non-hydrogen) atoms. The number of benzene rings is 2. The van der Waals surface area contributed by atoms with Gasteiger partial charge in [-0.15, -0.1) is 0 Å². The van der Waals surface area contributed by atoms with Crippen LogP contribution in [0.3, 0.4) is 0 Å². The molecule has 2 aromatic carbocycles. The van der Waals surface area contributed by atoms with E-state index in [1.165, 1.54) is 12.1 Å². The SMILES string of the molecule is C=NO/C(=N\Cc1cccc2c1CCC2NCCO)c1ccc(OC(C)C)c(C(F)(F)F)c1. The fourth-order valence-electron chi connectivity index (χ4n) is 3.96. The molecule has 3 rings (SSSR count). The molecule has 0 saturated heterocycles. The van der Waals surface area contributed by atoms with Crippen LogP contribution in [0.5, 0.6) is 5.75 Å². The molecule has 6 nitrogen and oxygen atoms in total. The Morgan fingerprint density at radius 2 is 2.06 bits per heavy atom. The predicted molar refractivity (Wildman–Crippen MR) is 121 cm³/mol. The standard InChI is InChI=1S/C24H28F3N3O3/c1-15(2)32-22-10-7-16(13-20(22)24(25,26)27)23(33-28-3)30-14-17-5-4-6-19-18(17)8-9-21(19)29-11-12-31/h4-7,10,13,15,21,29,31H,3,8-9,11-12,14H2,1-2H3/b30-23-. The van der Waals surface area contributed by atoms with Gasteiger partial charge in [-0.3, -0.25) is 0 Å². The molecular formula is C24H28F3N3O3. The average molecular weight is 464 g/mol. The highest BCUT2D eigenvalue weighted by Gasteiger charge is 2.35. The first-order valence-corrected chi connectivity index (χ1v) is 10.7. The summed E-state index contributed by atoms with van der Waals surface area (Å²) >= 11 is 0. The highest BCUT2D eigenvalue weighted by atomic mass is 19.4. The summed E-state index contributed by atoms with van der Waals surface area (Å²) in [5.74, 6) is -0.313. The Bertz CT molecular complexity index is 1010. The molecule has 1 atom stereocenters. The predicted octanol–water partition coefficient (Wildman–Crippen LogP) is 4.64. The van der Waals surface area contributed by atoms with Crippen molar-refractivity contribution in [2.45, 2.75) is 51.6 Å². The first-order valence-electron chi connectivity index (χ1n) is 10.7. The zero-order valence-corrected chi connectivity index (χ0v) is 18.7. The molecule has 0 saturated carbocycles. The minimum absolute atomic E-state index is 0.0582. The molecule has 1 unspecified atom stereocenters. The van der Waals surface area contributed by atoms with Crippen molar-refractivity contribution in [1.82, 2.24) is 5.32 Å². The number of alkyl halides is 3. The fraction of sp³-hybridized carbons (Fsp3) is 0.417. The third-order valence-corrected chi connectivity index (χ3v) is 5.31. The van der Waals surface area contributed by atoms with Gasteiger partial charge in [0.05, 0.1) is 24.8 Å². The number of nitrogens with zero attached hydrogens (tertiary/aromatic N) is 2. The summed E-state index contributed by atoms with van der Waals surface area (Å²) in [4.78, 5) is 9.57. The maximum absolute atomic E-state index is 13.6. The van der Waals surface area contributed by atoms with Gasteiger partial charge in [0.1, 0.15) is 5.75 Å². The number of halogens is 3. The Kier molecular flexibility index (Phi) is 8.10. The van der Waals surface area contributed by atoms with Gasteiger partial charge in [-0.25, -0.2) is 4.99 Å². The monoisotopic (exact) mass is 463 g/mol. The molecule has 0 aliphatic heterocycles. The number of fused-ring (bicyclic) bond motifs is 1. The molecule has 2 N–H and O–H groups in total. The Balaban J connectivity index is 1.91. The van der Waals surface area contributed by atoms with E-state index in [9.17, 15) is 13.2 Å². The first kappa shape index (κ1) is 24.7. The molecule has 0 aromatic heterocycles. The summed E-state index contributed by atoms with van der Waals surface area (Å²) in [6.07, 6.45) is -3.27. The summed E-state index contributed by atoms with van der Waals surface area (Å²) in [6, 6.07) is 9.73. The molecule has 2 aromatic rings. The summed E-state index contributed by atoms with van der Waals surface area (Å²) in [5, 5.41) is 15.8. The summed E-state index contributed by atoms with van der Waals surface area (Å²) in [6.45, 7) is 7.38. The van der Waals surface area contributed by atoms with E-state index in [2.05, 4.69) is 22.2 Å². The van der Waals surface area contributed by atoms with E-state index in [0.717, 1.165) is 35.6 Å². The Hall–Kier alpha value is -2.91. The van der Waals surface area contributed by atoms with Crippen LogP contribution in [0.4, 0.5) is 13.2 Å². The van der Waals surface area contributed by atoms with Gasteiger partial charge in [0.15, 0.2) is 0 Å².